The summed E-state index contributed by atoms with van der Waals surface area (Å²) in [6, 6.07) is 16.7. The van der Waals surface area contributed by atoms with Crippen molar-refractivity contribution >= 4 is 0 Å². The van der Waals surface area contributed by atoms with Crippen LogP contribution in [0.1, 0.15) is 30.3 Å². The van der Waals surface area contributed by atoms with Gasteiger partial charge in [0.15, 0.2) is 0 Å². The van der Waals surface area contributed by atoms with Crippen LogP contribution in [0.15, 0.2) is 80.0 Å². The SMILES string of the molecule is C=CC(C=C)[C@@H](N[C@@H](C)c1ccccc1)c1ccccn1. The first kappa shape index (κ1) is 15.2. The molecule has 108 valence electrons. The number of aromatic nitrogens is 1. The molecule has 0 bridgehead atoms. The lowest BCUT2D eigenvalue weighted by Crippen LogP contribution is -2.29. The van der Waals surface area contributed by atoms with E-state index in [0.717, 1.165) is 5.69 Å². The van der Waals surface area contributed by atoms with Crippen LogP contribution >= 0.6 is 0 Å². The fourth-order valence-electron chi connectivity index (χ4n) is 2.43. The highest BCUT2D eigenvalue weighted by atomic mass is 15.0. The van der Waals surface area contributed by atoms with Crippen molar-refractivity contribution in [3.05, 3.63) is 91.3 Å². The summed E-state index contributed by atoms with van der Waals surface area (Å²) in [6.07, 6.45) is 5.65. The fraction of sp³-hybridized carbons (Fsp3) is 0.211. The maximum atomic E-state index is 4.48. The molecule has 0 saturated heterocycles. The van der Waals surface area contributed by atoms with Crippen LogP contribution in [0.4, 0.5) is 0 Å². The highest BCUT2D eigenvalue weighted by Crippen LogP contribution is 2.26. The van der Waals surface area contributed by atoms with E-state index >= 15 is 0 Å². The molecule has 1 N–H and O–H groups in total. The fourth-order valence-corrected chi connectivity index (χ4v) is 2.43. The van der Waals surface area contributed by atoms with E-state index in [1.165, 1.54) is 5.56 Å². The Balaban J connectivity index is 2.24. The molecule has 1 aromatic carbocycles. The summed E-state index contributed by atoms with van der Waals surface area (Å²) in [5, 5.41) is 3.65. The van der Waals surface area contributed by atoms with Crippen LogP contribution in [-0.4, -0.2) is 4.98 Å². The van der Waals surface area contributed by atoms with E-state index in [2.05, 4.69) is 54.6 Å². The first-order valence-corrected chi connectivity index (χ1v) is 7.23. The molecular weight excluding hydrogens is 256 g/mol. The molecule has 0 amide bonds. The Kier molecular flexibility index (Phi) is 5.47. The lowest BCUT2D eigenvalue weighted by molar-refractivity contribution is 0.414. The molecule has 0 aliphatic carbocycles. The molecular formula is C19H22N2. The summed E-state index contributed by atoms with van der Waals surface area (Å²) >= 11 is 0. The minimum absolute atomic E-state index is 0.0661. The molecule has 1 aromatic heterocycles. The number of hydrogen-bond donors (Lipinski definition) is 1. The topological polar surface area (TPSA) is 24.9 Å². The van der Waals surface area contributed by atoms with Crippen molar-refractivity contribution < 1.29 is 0 Å². The summed E-state index contributed by atoms with van der Waals surface area (Å²) in [5.74, 6) is 0.131. The molecule has 0 radical (unpaired) electrons. The molecule has 0 spiro atoms. The second-order valence-electron chi connectivity index (χ2n) is 5.08. The summed E-state index contributed by atoms with van der Waals surface area (Å²) in [4.78, 5) is 4.48. The van der Waals surface area contributed by atoms with Gasteiger partial charge in [-0.1, -0.05) is 48.6 Å². The summed E-state index contributed by atoms with van der Waals surface area (Å²) in [6.45, 7) is 10.00. The molecule has 0 saturated carbocycles. The Morgan fingerprint density at radius 2 is 1.67 bits per heavy atom. The van der Waals surface area contributed by atoms with Crippen molar-refractivity contribution in [1.82, 2.24) is 10.3 Å². The molecule has 1 heterocycles. The highest BCUT2D eigenvalue weighted by molar-refractivity contribution is 5.21. The summed E-state index contributed by atoms with van der Waals surface area (Å²) in [7, 11) is 0. The predicted octanol–water partition coefficient (Wildman–Crippen LogP) is 4.46. The minimum atomic E-state index is 0.0661. The summed E-state index contributed by atoms with van der Waals surface area (Å²) < 4.78 is 0. The van der Waals surface area contributed by atoms with Gasteiger partial charge >= 0.3 is 0 Å². The molecule has 2 heteroatoms. The van der Waals surface area contributed by atoms with Crippen LogP contribution in [-0.2, 0) is 0 Å². The molecule has 2 aromatic rings. The standard InChI is InChI=1S/C19H22N2/c1-4-16(5-2)19(18-13-9-10-14-20-18)21-15(3)17-11-7-6-8-12-17/h4-16,19,21H,1-2H2,3H3/t15-,19+/m0/s1. The van der Waals surface area contributed by atoms with Crippen LogP contribution in [0.3, 0.4) is 0 Å². The molecule has 2 atom stereocenters. The van der Waals surface area contributed by atoms with Crippen LogP contribution in [0, 0.1) is 5.92 Å². The molecule has 0 fully saturated rings. The third kappa shape index (κ3) is 3.89. The molecule has 0 aliphatic rings. The van der Waals surface area contributed by atoms with E-state index in [-0.39, 0.29) is 18.0 Å². The van der Waals surface area contributed by atoms with Gasteiger partial charge in [0, 0.05) is 18.2 Å². The zero-order valence-electron chi connectivity index (χ0n) is 12.4. The van der Waals surface area contributed by atoms with Crippen LogP contribution in [0.2, 0.25) is 0 Å². The second kappa shape index (κ2) is 7.55. The molecule has 2 rings (SSSR count). The molecule has 0 unspecified atom stereocenters. The van der Waals surface area contributed by atoms with Gasteiger partial charge in [0.2, 0.25) is 0 Å². The number of hydrogen-bond acceptors (Lipinski definition) is 2. The average Bonchev–Trinajstić information content (AvgIpc) is 2.56. The quantitative estimate of drug-likeness (QED) is 0.756. The zero-order valence-corrected chi connectivity index (χ0v) is 12.4. The van der Waals surface area contributed by atoms with Gasteiger partial charge in [-0.3, -0.25) is 4.98 Å². The Bertz CT molecular complexity index is 555. The van der Waals surface area contributed by atoms with Crippen LogP contribution in [0.5, 0.6) is 0 Å². The Morgan fingerprint density at radius 3 is 2.24 bits per heavy atom. The molecule has 2 nitrogen and oxygen atoms in total. The number of nitrogens with one attached hydrogen (secondary N) is 1. The van der Waals surface area contributed by atoms with Crippen molar-refractivity contribution in [3.8, 4) is 0 Å². The van der Waals surface area contributed by atoms with Crippen molar-refractivity contribution in [2.45, 2.75) is 19.0 Å². The predicted molar refractivity (Wildman–Crippen MR) is 88.9 cm³/mol. The average molecular weight is 278 g/mol. The van der Waals surface area contributed by atoms with Crippen molar-refractivity contribution in [2.24, 2.45) is 5.92 Å². The van der Waals surface area contributed by atoms with Crippen LogP contribution < -0.4 is 5.32 Å². The van der Waals surface area contributed by atoms with Gasteiger partial charge in [-0.05, 0) is 24.6 Å². The van der Waals surface area contributed by atoms with E-state index in [1.807, 2.05) is 42.6 Å². The normalized spacial score (nSPS) is 13.6. The number of pyridine rings is 1. The van der Waals surface area contributed by atoms with Gasteiger partial charge in [-0.2, -0.15) is 0 Å². The van der Waals surface area contributed by atoms with E-state index in [0.29, 0.717) is 0 Å². The van der Waals surface area contributed by atoms with E-state index in [1.54, 1.807) is 0 Å². The minimum Gasteiger partial charge on any atom is -0.301 e. The molecule has 0 aliphatic heterocycles. The Hall–Kier alpha value is -2.19. The van der Waals surface area contributed by atoms with Gasteiger partial charge < -0.3 is 5.32 Å². The maximum absolute atomic E-state index is 4.48. The van der Waals surface area contributed by atoms with Crippen LogP contribution in [0.25, 0.3) is 0 Å². The second-order valence-corrected chi connectivity index (χ2v) is 5.08. The van der Waals surface area contributed by atoms with Gasteiger partial charge in [0.25, 0.3) is 0 Å². The smallest absolute Gasteiger partial charge is 0.0598 e. The monoisotopic (exact) mass is 278 g/mol. The summed E-state index contributed by atoms with van der Waals surface area (Å²) in [5.41, 5.74) is 2.26. The van der Waals surface area contributed by atoms with Gasteiger partial charge in [0.05, 0.1) is 11.7 Å². The molecule has 21 heavy (non-hydrogen) atoms. The Labute approximate surface area is 127 Å². The van der Waals surface area contributed by atoms with Crippen molar-refractivity contribution in [3.63, 3.8) is 0 Å². The maximum Gasteiger partial charge on any atom is 0.0598 e. The van der Waals surface area contributed by atoms with Crippen molar-refractivity contribution in [1.29, 1.82) is 0 Å². The van der Waals surface area contributed by atoms with E-state index < -0.39 is 0 Å². The first-order valence-electron chi connectivity index (χ1n) is 7.23. The zero-order chi connectivity index (χ0) is 15.1. The van der Waals surface area contributed by atoms with E-state index in [9.17, 15) is 0 Å². The van der Waals surface area contributed by atoms with Gasteiger partial charge in [0.1, 0.15) is 0 Å². The van der Waals surface area contributed by atoms with Gasteiger partial charge in [-0.15, -0.1) is 13.2 Å². The largest absolute Gasteiger partial charge is 0.301 e. The number of nitrogens with zero attached hydrogens (tertiary/aromatic N) is 1. The first-order chi connectivity index (χ1) is 10.3. The third-order valence-corrected chi connectivity index (χ3v) is 3.66. The van der Waals surface area contributed by atoms with Crippen molar-refractivity contribution in [2.75, 3.05) is 0 Å². The Morgan fingerprint density at radius 1 is 1.00 bits per heavy atom. The number of rotatable bonds is 7. The third-order valence-electron chi connectivity index (χ3n) is 3.66. The highest BCUT2D eigenvalue weighted by Gasteiger charge is 2.21. The lowest BCUT2D eigenvalue weighted by atomic mass is 9.94. The van der Waals surface area contributed by atoms with Gasteiger partial charge in [-0.25, -0.2) is 0 Å². The lowest BCUT2D eigenvalue weighted by Gasteiger charge is -2.27. The van der Waals surface area contributed by atoms with E-state index in [4.69, 9.17) is 0 Å². The number of benzene rings is 1.